The van der Waals surface area contributed by atoms with E-state index in [9.17, 15) is 18.0 Å². The normalized spacial score (nSPS) is 21.1. The summed E-state index contributed by atoms with van der Waals surface area (Å²) < 4.78 is 31.1. The molecule has 1 atom stereocenters. The van der Waals surface area contributed by atoms with Gasteiger partial charge in [0.15, 0.2) is 0 Å². The molecule has 154 valence electrons. The second kappa shape index (κ2) is 9.25. The Morgan fingerprint density at radius 2 is 1.93 bits per heavy atom. The monoisotopic (exact) mass is 427 g/mol. The van der Waals surface area contributed by atoms with E-state index in [0.29, 0.717) is 32.8 Å². The van der Waals surface area contributed by atoms with Crippen molar-refractivity contribution in [2.24, 2.45) is 5.92 Å². The summed E-state index contributed by atoms with van der Waals surface area (Å²) >= 11 is 1.62. The van der Waals surface area contributed by atoms with Crippen molar-refractivity contribution >= 4 is 39.3 Å². The molecule has 2 aliphatic rings. The molecule has 2 fully saturated rings. The number of benzene rings is 1. The number of sulfonamides is 1. The Bertz CT molecular complexity index is 807. The highest BCUT2D eigenvalue weighted by atomic mass is 32.2. The molecule has 1 unspecified atom stereocenters. The van der Waals surface area contributed by atoms with Crippen LogP contribution >= 0.6 is 11.8 Å². The highest BCUT2D eigenvalue weighted by Crippen LogP contribution is 2.27. The standard InChI is InChI=1S/C18H25N3O5S2/c1-27-16-4-2-15(3-5-16)21-13-14(12-17(21)22)18(23)19-6-11-28(24,25)20-7-9-26-10-8-20/h2-5,14H,6-13H2,1H3,(H,19,23). The van der Waals surface area contributed by atoms with E-state index < -0.39 is 15.9 Å². The molecule has 2 amide bonds. The maximum atomic E-state index is 12.4. The number of thioether (sulfide) groups is 1. The fourth-order valence-corrected chi connectivity index (χ4v) is 5.03. The van der Waals surface area contributed by atoms with Crippen LogP contribution in [0.5, 0.6) is 0 Å². The van der Waals surface area contributed by atoms with Gasteiger partial charge in [-0.15, -0.1) is 11.8 Å². The molecule has 28 heavy (non-hydrogen) atoms. The summed E-state index contributed by atoms with van der Waals surface area (Å²) in [4.78, 5) is 27.4. The van der Waals surface area contributed by atoms with Gasteiger partial charge in [-0.2, -0.15) is 4.31 Å². The number of hydrogen-bond acceptors (Lipinski definition) is 6. The molecular weight excluding hydrogens is 402 g/mol. The van der Waals surface area contributed by atoms with E-state index in [-0.39, 0.29) is 30.5 Å². The van der Waals surface area contributed by atoms with Crippen LogP contribution in [-0.4, -0.2) is 75.9 Å². The van der Waals surface area contributed by atoms with Crippen molar-refractivity contribution < 1.29 is 22.7 Å². The molecule has 0 aromatic heterocycles. The summed E-state index contributed by atoms with van der Waals surface area (Å²) in [7, 11) is -3.41. The molecular formula is C18H25N3O5S2. The van der Waals surface area contributed by atoms with Crippen molar-refractivity contribution in [3.63, 3.8) is 0 Å². The lowest BCUT2D eigenvalue weighted by molar-refractivity contribution is -0.126. The van der Waals surface area contributed by atoms with Crippen molar-refractivity contribution in [3.8, 4) is 0 Å². The fourth-order valence-electron chi connectivity index (χ4n) is 3.30. The first-order valence-corrected chi connectivity index (χ1v) is 12.0. The van der Waals surface area contributed by atoms with Crippen LogP contribution in [0.2, 0.25) is 0 Å². The molecule has 2 saturated heterocycles. The van der Waals surface area contributed by atoms with Gasteiger partial charge in [0, 0.05) is 43.2 Å². The Hall–Kier alpha value is -1.62. The summed E-state index contributed by atoms with van der Waals surface area (Å²) in [6, 6.07) is 7.63. The van der Waals surface area contributed by atoms with E-state index in [1.807, 2.05) is 30.5 Å². The maximum absolute atomic E-state index is 12.4. The largest absolute Gasteiger partial charge is 0.379 e. The number of morpholine rings is 1. The lowest BCUT2D eigenvalue weighted by atomic mass is 10.1. The first-order chi connectivity index (χ1) is 13.4. The zero-order valence-corrected chi connectivity index (χ0v) is 17.4. The number of amides is 2. The molecule has 10 heteroatoms. The Kier molecular flexibility index (Phi) is 6.97. The van der Waals surface area contributed by atoms with Crippen LogP contribution < -0.4 is 10.2 Å². The van der Waals surface area contributed by atoms with E-state index in [1.165, 1.54) is 4.31 Å². The van der Waals surface area contributed by atoms with Crippen LogP contribution in [0.15, 0.2) is 29.2 Å². The lowest BCUT2D eigenvalue weighted by Crippen LogP contribution is -2.44. The second-order valence-corrected chi connectivity index (χ2v) is 9.69. The third-order valence-corrected chi connectivity index (χ3v) is 7.52. The molecule has 1 aromatic rings. The summed E-state index contributed by atoms with van der Waals surface area (Å²) in [6.07, 6.45) is 2.11. The number of carbonyl (C=O) groups is 2. The Labute approximate surface area is 169 Å². The summed E-state index contributed by atoms with van der Waals surface area (Å²) in [5.41, 5.74) is 0.771. The summed E-state index contributed by atoms with van der Waals surface area (Å²) in [5, 5.41) is 2.67. The fraction of sp³-hybridized carbons (Fsp3) is 0.556. The van der Waals surface area contributed by atoms with Crippen molar-refractivity contribution in [3.05, 3.63) is 24.3 Å². The maximum Gasteiger partial charge on any atom is 0.227 e. The summed E-state index contributed by atoms with van der Waals surface area (Å²) in [6.45, 7) is 1.81. The average molecular weight is 428 g/mol. The van der Waals surface area contributed by atoms with Gasteiger partial charge in [-0.25, -0.2) is 8.42 Å². The lowest BCUT2D eigenvalue weighted by Gasteiger charge is -2.26. The minimum atomic E-state index is -3.41. The molecule has 3 rings (SSSR count). The molecule has 1 aromatic carbocycles. The van der Waals surface area contributed by atoms with Crippen LogP contribution in [0.4, 0.5) is 5.69 Å². The van der Waals surface area contributed by atoms with Crippen molar-refractivity contribution in [2.75, 3.05) is 56.3 Å². The van der Waals surface area contributed by atoms with Gasteiger partial charge >= 0.3 is 0 Å². The van der Waals surface area contributed by atoms with Gasteiger partial charge < -0.3 is 15.0 Å². The molecule has 1 N–H and O–H groups in total. The number of hydrogen-bond donors (Lipinski definition) is 1. The van der Waals surface area contributed by atoms with Crippen LogP contribution in [0.25, 0.3) is 0 Å². The predicted octanol–water partition coefficient (Wildman–Crippen LogP) is 0.540. The van der Waals surface area contributed by atoms with Crippen molar-refractivity contribution in [1.29, 1.82) is 0 Å². The number of anilines is 1. The van der Waals surface area contributed by atoms with Crippen molar-refractivity contribution in [2.45, 2.75) is 11.3 Å². The predicted molar refractivity (Wildman–Crippen MR) is 108 cm³/mol. The summed E-state index contributed by atoms with van der Waals surface area (Å²) in [5.74, 6) is -1.01. The van der Waals surface area contributed by atoms with Gasteiger partial charge in [-0.05, 0) is 30.5 Å². The quantitative estimate of drug-likeness (QED) is 0.638. The minimum Gasteiger partial charge on any atom is -0.379 e. The van der Waals surface area contributed by atoms with Crippen LogP contribution in [0, 0.1) is 5.92 Å². The molecule has 0 aliphatic carbocycles. The van der Waals surface area contributed by atoms with Crippen LogP contribution in [0.1, 0.15) is 6.42 Å². The first-order valence-electron chi connectivity index (χ1n) is 9.18. The number of nitrogens with one attached hydrogen (secondary N) is 1. The molecule has 0 radical (unpaired) electrons. The third kappa shape index (κ3) is 5.05. The highest BCUT2D eigenvalue weighted by Gasteiger charge is 2.35. The topological polar surface area (TPSA) is 96.0 Å². The van der Waals surface area contributed by atoms with E-state index >= 15 is 0 Å². The average Bonchev–Trinajstić information content (AvgIpc) is 3.10. The first kappa shape index (κ1) is 21.1. The van der Waals surface area contributed by atoms with Gasteiger partial charge in [0.25, 0.3) is 0 Å². The Morgan fingerprint density at radius 3 is 2.57 bits per heavy atom. The van der Waals surface area contributed by atoms with E-state index in [4.69, 9.17) is 4.74 Å². The van der Waals surface area contributed by atoms with Gasteiger partial charge in [0.05, 0.1) is 24.9 Å². The minimum absolute atomic E-state index is 0.0334. The molecule has 2 aliphatic heterocycles. The molecule has 0 saturated carbocycles. The van der Waals surface area contributed by atoms with Gasteiger partial charge in [-0.3, -0.25) is 9.59 Å². The Morgan fingerprint density at radius 1 is 1.25 bits per heavy atom. The van der Waals surface area contributed by atoms with Gasteiger partial charge in [0.1, 0.15) is 0 Å². The van der Waals surface area contributed by atoms with E-state index in [2.05, 4.69) is 5.32 Å². The molecule has 2 heterocycles. The number of carbonyl (C=O) groups excluding carboxylic acids is 2. The number of rotatable bonds is 7. The van der Waals surface area contributed by atoms with E-state index in [1.54, 1.807) is 16.7 Å². The number of ether oxygens (including phenoxy) is 1. The molecule has 0 bridgehead atoms. The zero-order valence-electron chi connectivity index (χ0n) is 15.8. The SMILES string of the molecule is CSc1ccc(N2CC(C(=O)NCCS(=O)(=O)N3CCOCC3)CC2=O)cc1. The van der Waals surface area contributed by atoms with E-state index in [0.717, 1.165) is 10.6 Å². The highest BCUT2D eigenvalue weighted by molar-refractivity contribution is 7.98. The van der Waals surface area contributed by atoms with Crippen molar-refractivity contribution in [1.82, 2.24) is 9.62 Å². The smallest absolute Gasteiger partial charge is 0.227 e. The second-order valence-electron chi connectivity index (χ2n) is 6.72. The van der Waals surface area contributed by atoms with Gasteiger partial charge in [0.2, 0.25) is 21.8 Å². The van der Waals surface area contributed by atoms with Crippen LogP contribution in [0.3, 0.4) is 0 Å². The third-order valence-electron chi connectivity index (χ3n) is 4.90. The zero-order chi connectivity index (χ0) is 20.1. The Balaban J connectivity index is 1.50. The number of nitrogens with zero attached hydrogens (tertiary/aromatic N) is 2. The molecule has 8 nitrogen and oxygen atoms in total. The molecule has 0 spiro atoms. The van der Waals surface area contributed by atoms with Gasteiger partial charge in [-0.1, -0.05) is 0 Å². The van der Waals surface area contributed by atoms with Crippen LogP contribution in [-0.2, 0) is 24.3 Å².